The summed E-state index contributed by atoms with van der Waals surface area (Å²) in [5, 5.41) is 6.95. The van der Waals surface area contributed by atoms with Gasteiger partial charge in [0, 0.05) is 45.8 Å². The Balaban J connectivity index is 0.00000163. The normalized spacial score (nSPS) is 23.3. The molecule has 2 N–H and O–H groups in total. The molecule has 2 atom stereocenters. The van der Waals surface area contributed by atoms with Crippen LogP contribution < -0.4 is 10.6 Å². The zero-order valence-corrected chi connectivity index (χ0v) is 18.4. The second-order valence-corrected chi connectivity index (χ2v) is 7.97. The van der Waals surface area contributed by atoms with E-state index < -0.39 is 0 Å². The Bertz CT molecular complexity index is 305. The highest BCUT2D eigenvalue weighted by molar-refractivity contribution is 4.79. The predicted octanol–water partition coefficient (Wildman–Crippen LogP) is 3.44. The first-order chi connectivity index (χ1) is 12.8. The lowest BCUT2D eigenvalue weighted by Crippen LogP contribution is -2.48. The Labute approximate surface area is 164 Å². The molecule has 0 aromatic carbocycles. The van der Waals surface area contributed by atoms with E-state index in [2.05, 4.69) is 34.3 Å². The van der Waals surface area contributed by atoms with Crippen LogP contribution in [0.2, 0.25) is 0 Å². The van der Waals surface area contributed by atoms with Crippen LogP contribution >= 0.6 is 0 Å². The maximum absolute atomic E-state index is 3.48. The highest BCUT2D eigenvalue weighted by Crippen LogP contribution is 2.22. The summed E-state index contributed by atoms with van der Waals surface area (Å²) in [6.45, 7) is 21.1. The van der Waals surface area contributed by atoms with Gasteiger partial charge >= 0.3 is 0 Å². The maximum atomic E-state index is 3.48. The zero-order valence-electron chi connectivity index (χ0n) is 18.4. The zero-order chi connectivity index (χ0) is 19.0. The summed E-state index contributed by atoms with van der Waals surface area (Å²) < 4.78 is 0. The van der Waals surface area contributed by atoms with E-state index in [1.165, 1.54) is 97.4 Å². The number of hydrogen-bond acceptors (Lipinski definition) is 4. The molecule has 4 nitrogen and oxygen atoms in total. The van der Waals surface area contributed by atoms with Crippen molar-refractivity contribution in [3.8, 4) is 0 Å². The van der Waals surface area contributed by atoms with Gasteiger partial charge in [-0.2, -0.15) is 0 Å². The monoisotopic (exact) mass is 368 g/mol. The molecule has 2 unspecified atom stereocenters. The van der Waals surface area contributed by atoms with E-state index in [-0.39, 0.29) is 0 Å². The molecule has 0 aliphatic carbocycles. The van der Waals surface area contributed by atoms with Crippen molar-refractivity contribution in [2.24, 2.45) is 11.8 Å². The topological polar surface area (TPSA) is 30.5 Å². The average molecular weight is 369 g/mol. The van der Waals surface area contributed by atoms with Crippen LogP contribution in [-0.2, 0) is 0 Å². The predicted molar refractivity (Wildman–Crippen MR) is 116 cm³/mol. The summed E-state index contributed by atoms with van der Waals surface area (Å²) in [5.74, 6) is 1.81. The first-order valence-corrected chi connectivity index (χ1v) is 11.7. The minimum absolute atomic E-state index is 0.904. The third-order valence-electron chi connectivity index (χ3n) is 5.76. The van der Waals surface area contributed by atoms with E-state index in [1.807, 2.05) is 13.8 Å². The SMILES string of the molecule is CC.CCCC(CCCNCC)CN1CCCC(CN2CCNCC2)C1. The van der Waals surface area contributed by atoms with Crippen LogP contribution in [0.5, 0.6) is 0 Å². The average Bonchev–Trinajstić information content (AvgIpc) is 2.68. The highest BCUT2D eigenvalue weighted by atomic mass is 15.2. The Kier molecular flexibility index (Phi) is 14.6. The van der Waals surface area contributed by atoms with Gasteiger partial charge in [0.25, 0.3) is 0 Å². The van der Waals surface area contributed by atoms with Crippen molar-refractivity contribution < 1.29 is 0 Å². The molecule has 0 bridgehead atoms. The number of hydrogen-bond donors (Lipinski definition) is 2. The third-order valence-corrected chi connectivity index (χ3v) is 5.76. The van der Waals surface area contributed by atoms with Gasteiger partial charge in [-0.3, -0.25) is 0 Å². The van der Waals surface area contributed by atoms with Gasteiger partial charge in [0.1, 0.15) is 0 Å². The minimum atomic E-state index is 0.904. The summed E-state index contributed by atoms with van der Waals surface area (Å²) in [6.07, 6.45) is 8.34. The summed E-state index contributed by atoms with van der Waals surface area (Å²) in [4.78, 5) is 5.48. The second kappa shape index (κ2) is 15.9. The van der Waals surface area contributed by atoms with Gasteiger partial charge in [-0.15, -0.1) is 0 Å². The van der Waals surface area contributed by atoms with Crippen LogP contribution in [0.25, 0.3) is 0 Å². The van der Waals surface area contributed by atoms with E-state index in [4.69, 9.17) is 0 Å². The standard InChI is InChI=1S/C20H42N4.C2H6/c1-3-7-19(8-5-10-21-4-2)16-24-13-6-9-20(18-24)17-23-14-11-22-12-15-23;1-2/h19-22H,3-18H2,1-2H3;1-2H3. The van der Waals surface area contributed by atoms with Crippen LogP contribution in [0, 0.1) is 11.8 Å². The molecule has 2 fully saturated rings. The minimum Gasteiger partial charge on any atom is -0.317 e. The van der Waals surface area contributed by atoms with Crippen molar-refractivity contribution in [1.82, 2.24) is 20.4 Å². The summed E-state index contributed by atoms with van der Waals surface area (Å²) in [5.41, 5.74) is 0. The van der Waals surface area contributed by atoms with E-state index >= 15 is 0 Å². The molecule has 156 valence electrons. The molecule has 2 aliphatic heterocycles. The number of nitrogens with zero attached hydrogens (tertiary/aromatic N) is 2. The van der Waals surface area contributed by atoms with Crippen molar-refractivity contribution in [3.63, 3.8) is 0 Å². The first kappa shape index (κ1) is 23.9. The number of nitrogens with one attached hydrogen (secondary N) is 2. The Hall–Kier alpha value is -0.160. The molecule has 0 spiro atoms. The van der Waals surface area contributed by atoms with Gasteiger partial charge in [-0.1, -0.05) is 34.1 Å². The molecule has 0 aromatic rings. The van der Waals surface area contributed by atoms with Crippen LogP contribution in [0.3, 0.4) is 0 Å². The van der Waals surface area contributed by atoms with Crippen molar-refractivity contribution in [3.05, 3.63) is 0 Å². The molecule has 0 amide bonds. The van der Waals surface area contributed by atoms with Gasteiger partial charge in [0.15, 0.2) is 0 Å². The van der Waals surface area contributed by atoms with Gasteiger partial charge in [-0.05, 0) is 63.6 Å². The van der Waals surface area contributed by atoms with E-state index in [9.17, 15) is 0 Å². The largest absolute Gasteiger partial charge is 0.317 e. The van der Waals surface area contributed by atoms with Crippen molar-refractivity contribution in [2.45, 2.75) is 66.2 Å². The number of piperidine rings is 1. The van der Waals surface area contributed by atoms with E-state index in [0.717, 1.165) is 18.4 Å². The third kappa shape index (κ3) is 10.2. The Morgan fingerprint density at radius 3 is 2.50 bits per heavy atom. The number of piperazine rings is 1. The fraction of sp³-hybridized carbons (Fsp3) is 1.00. The fourth-order valence-electron chi connectivity index (χ4n) is 4.52. The quantitative estimate of drug-likeness (QED) is 0.547. The van der Waals surface area contributed by atoms with Gasteiger partial charge < -0.3 is 20.4 Å². The summed E-state index contributed by atoms with van der Waals surface area (Å²) in [6, 6.07) is 0. The molecular formula is C22H48N4. The fourth-order valence-corrected chi connectivity index (χ4v) is 4.52. The van der Waals surface area contributed by atoms with Crippen LogP contribution in [0.4, 0.5) is 0 Å². The van der Waals surface area contributed by atoms with Crippen molar-refractivity contribution in [1.29, 1.82) is 0 Å². The van der Waals surface area contributed by atoms with Crippen LogP contribution in [-0.4, -0.2) is 75.2 Å². The maximum Gasteiger partial charge on any atom is 0.0107 e. The smallest absolute Gasteiger partial charge is 0.0107 e. The first-order valence-electron chi connectivity index (χ1n) is 11.7. The molecule has 2 saturated heterocycles. The molecule has 2 aliphatic rings. The van der Waals surface area contributed by atoms with Crippen molar-refractivity contribution in [2.75, 3.05) is 65.4 Å². The lowest BCUT2D eigenvalue weighted by Gasteiger charge is -2.38. The van der Waals surface area contributed by atoms with E-state index in [0.29, 0.717) is 0 Å². The lowest BCUT2D eigenvalue weighted by atomic mass is 9.93. The molecule has 0 aromatic heterocycles. The summed E-state index contributed by atoms with van der Waals surface area (Å²) in [7, 11) is 0. The number of likely N-dealkylation sites (tertiary alicyclic amines) is 1. The van der Waals surface area contributed by atoms with Crippen molar-refractivity contribution >= 4 is 0 Å². The summed E-state index contributed by atoms with van der Waals surface area (Å²) >= 11 is 0. The molecular weight excluding hydrogens is 320 g/mol. The van der Waals surface area contributed by atoms with Gasteiger partial charge in [0.05, 0.1) is 0 Å². The molecule has 0 radical (unpaired) electrons. The highest BCUT2D eigenvalue weighted by Gasteiger charge is 2.24. The Morgan fingerprint density at radius 2 is 1.81 bits per heavy atom. The van der Waals surface area contributed by atoms with Gasteiger partial charge in [-0.25, -0.2) is 0 Å². The molecule has 4 heteroatoms. The second-order valence-electron chi connectivity index (χ2n) is 7.97. The van der Waals surface area contributed by atoms with E-state index in [1.54, 1.807) is 0 Å². The lowest BCUT2D eigenvalue weighted by molar-refractivity contribution is 0.110. The molecule has 0 saturated carbocycles. The number of rotatable bonds is 11. The van der Waals surface area contributed by atoms with Crippen LogP contribution in [0.1, 0.15) is 66.2 Å². The molecule has 2 heterocycles. The Morgan fingerprint density at radius 1 is 1.04 bits per heavy atom. The van der Waals surface area contributed by atoms with Crippen LogP contribution in [0.15, 0.2) is 0 Å². The molecule has 2 rings (SSSR count). The van der Waals surface area contributed by atoms with Gasteiger partial charge in [0.2, 0.25) is 0 Å². The molecule has 26 heavy (non-hydrogen) atoms.